The zero-order chi connectivity index (χ0) is 42.2. The molecule has 4 rings (SSSR count). The summed E-state index contributed by atoms with van der Waals surface area (Å²) in [6.45, 7) is 15.5. The molecule has 0 radical (unpaired) electrons. The number of methoxy groups -OCH3 is 3. The molecule has 1 amide bonds. The molecule has 12 heteroatoms. The molecule has 0 spiro atoms. The molecule has 1 saturated carbocycles. The summed E-state index contributed by atoms with van der Waals surface area (Å²) < 4.78 is 30.1. The largest absolute Gasteiger partial charge is 0.456 e. The van der Waals surface area contributed by atoms with Gasteiger partial charge in [-0.05, 0) is 101 Å². The van der Waals surface area contributed by atoms with Crippen LogP contribution in [0.25, 0.3) is 0 Å². The van der Waals surface area contributed by atoms with Crippen LogP contribution in [0.5, 0.6) is 0 Å². The Morgan fingerprint density at radius 1 is 0.947 bits per heavy atom. The molecule has 3 heterocycles. The number of esters is 1. The molecule has 322 valence electrons. The number of ether oxygens (including phenoxy) is 5. The highest BCUT2D eigenvalue weighted by molar-refractivity contribution is 6.39. The second-order valence-electron chi connectivity index (χ2n) is 17.7. The molecule has 12 nitrogen and oxygen atoms in total. The van der Waals surface area contributed by atoms with E-state index in [2.05, 4.69) is 26.5 Å². The number of carbonyl (C=O) groups excluding carboxylic acids is 4. The molecule has 1 unspecified atom stereocenters. The van der Waals surface area contributed by atoms with E-state index in [1.807, 2.05) is 19.9 Å². The third-order valence-electron chi connectivity index (χ3n) is 13.2. The van der Waals surface area contributed by atoms with Gasteiger partial charge in [0.2, 0.25) is 5.79 Å². The first-order valence-corrected chi connectivity index (χ1v) is 21.2. The van der Waals surface area contributed by atoms with Crippen LogP contribution < -0.4 is 0 Å². The standard InChI is InChI=1S/C45H71NO11/c1-11-14-33-20-26(2)19-27(3)21-38(54-9)41-39(55-10)23-30(6)45(52,57-41)42(49)43(50)46-18-13-12-15-34(46)44(51)56-40(31(7)35(47)25-36(33)48)29(5)22-32-17-16-28(4)37(24-32)53-8/h11,20,22,27-28,30-35,37-41,47,52H,1,12-19,21,23-25H2,2-10H3/b26-20?,29-22+/t27-,28+,30+,31+,32-,33?,34-,35-,37+,38-,39-,40+,41+,45+/m0/s1. The van der Waals surface area contributed by atoms with Crippen molar-refractivity contribution in [3.8, 4) is 0 Å². The first-order chi connectivity index (χ1) is 27.0. The molecule has 0 aromatic rings. The number of amides is 1. The van der Waals surface area contributed by atoms with Crippen molar-refractivity contribution in [2.45, 2.75) is 161 Å². The average molecular weight is 802 g/mol. The summed E-state index contributed by atoms with van der Waals surface area (Å²) in [6, 6.07) is -1.11. The molecule has 57 heavy (non-hydrogen) atoms. The fourth-order valence-electron chi connectivity index (χ4n) is 9.67. The van der Waals surface area contributed by atoms with E-state index in [1.165, 1.54) is 19.1 Å². The number of rotatable bonds is 7. The van der Waals surface area contributed by atoms with Crippen LogP contribution in [0.3, 0.4) is 0 Å². The fraction of sp³-hybridized carbons (Fsp3) is 0.778. The molecule has 0 aromatic carbocycles. The van der Waals surface area contributed by atoms with Crippen LogP contribution in [0.1, 0.15) is 112 Å². The normalized spacial score (nSPS) is 40.1. The lowest BCUT2D eigenvalue weighted by atomic mass is 9.79. The van der Waals surface area contributed by atoms with Crippen LogP contribution >= 0.6 is 0 Å². The monoisotopic (exact) mass is 802 g/mol. The highest BCUT2D eigenvalue weighted by Gasteiger charge is 2.56. The molecule has 4 aliphatic rings. The van der Waals surface area contributed by atoms with E-state index in [1.54, 1.807) is 27.0 Å². The minimum Gasteiger partial charge on any atom is -0.456 e. The number of hydrogen-bond acceptors (Lipinski definition) is 11. The van der Waals surface area contributed by atoms with E-state index in [0.29, 0.717) is 38.0 Å². The van der Waals surface area contributed by atoms with Crippen LogP contribution in [0.15, 0.2) is 36.0 Å². The number of Topliss-reactive ketones (excluding diaryl/α,β-unsaturated/α-hetero) is 2. The first-order valence-electron chi connectivity index (χ1n) is 21.2. The number of piperidine rings is 1. The van der Waals surface area contributed by atoms with Crippen LogP contribution in [0.4, 0.5) is 0 Å². The lowest BCUT2D eigenvalue weighted by Crippen LogP contribution is -2.64. The van der Waals surface area contributed by atoms with Crippen molar-refractivity contribution in [3.05, 3.63) is 36.0 Å². The zero-order valence-electron chi connectivity index (χ0n) is 35.9. The zero-order valence-corrected chi connectivity index (χ0v) is 35.9. The summed E-state index contributed by atoms with van der Waals surface area (Å²) >= 11 is 0. The van der Waals surface area contributed by atoms with Gasteiger partial charge >= 0.3 is 5.97 Å². The molecule has 3 aliphatic heterocycles. The smallest absolute Gasteiger partial charge is 0.329 e. The van der Waals surface area contributed by atoms with Crippen molar-refractivity contribution < 1.29 is 53.1 Å². The number of hydrogen-bond donors (Lipinski definition) is 2. The molecular weight excluding hydrogens is 730 g/mol. The van der Waals surface area contributed by atoms with E-state index in [4.69, 9.17) is 23.7 Å². The molecule has 3 fully saturated rings. The minimum atomic E-state index is -2.49. The van der Waals surface area contributed by atoms with E-state index < -0.39 is 77.8 Å². The predicted octanol–water partition coefficient (Wildman–Crippen LogP) is 5.91. The van der Waals surface area contributed by atoms with Gasteiger partial charge < -0.3 is 38.8 Å². The van der Waals surface area contributed by atoms with E-state index in [-0.39, 0.29) is 49.5 Å². The van der Waals surface area contributed by atoms with Gasteiger partial charge in [0, 0.05) is 52.0 Å². The van der Waals surface area contributed by atoms with Crippen molar-refractivity contribution >= 4 is 23.4 Å². The fourth-order valence-corrected chi connectivity index (χ4v) is 9.67. The molecule has 2 saturated heterocycles. The molecular formula is C45H71NO11. The van der Waals surface area contributed by atoms with Gasteiger partial charge in [0.1, 0.15) is 24.0 Å². The third-order valence-corrected chi connectivity index (χ3v) is 13.2. The highest BCUT2D eigenvalue weighted by Crippen LogP contribution is 2.39. The second-order valence-corrected chi connectivity index (χ2v) is 17.7. The van der Waals surface area contributed by atoms with Gasteiger partial charge in [-0.15, -0.1) is 6.58 Å². The number of carbonyl (C=O) groups is 4. The number of aliphatic hydroxyl groups is 2. The highest BCUT2D eigenvalue weighted by atomic mass is 16.7. The number of allylic oxidation sites excluding steroid dienone is 4. The third kappa shape index (κ3) is 11.3. The van der Waals surface area contributed by atoms with Gasteiger partial charge in [0.05, 0.1) is 24.4 Å². The lowest BCUT2D eigenvalue weighted by molar-refractivity contribution is -0.302. The van der Waals surface area contributed by atoms with Gasteiger partial charge in [0.25, 0.3) is 11.7 Å². The summed E-state index contributed by atoms with van der Waals surface area (Å²) in [6.07, 6.45) is 7.37. The molecule has 0 aromatic heterocycles. The Balaban J connectivity index is 1.78. The van der Waals surface area contributed by atoms with Crippen LogP contribution in [0, 0.1) is 35.5 Å². The number of nitrogens with zero attached hydrogens (tertiary/aromatic N) is 1. The summed E-state index contributed by atoms with van der Waals surface area (Å²) in [4.78, 5) is 57.9. The number of ketones is 2. The van der Waals surface area contributed by atoms with Crippen molar-refractivity contribution in [1.82, 2.24) is 4.90 Å². The van der Waals surface area contributed by atoms with Crippen LogP contribution in [0.2, 0.25) is 0 Å². The Hall–Kier alpha value is -2.74. The SMILES string of the molecule is C=CCC1C=C(C)C[C@H](C)C[C@H](OC)[C@H]2O[C@@](O)(C(=O)C(=O)N3CCCC[C@H]3C(=O)O[C@H](/C(C)=C/[C@@H]3CC[C@@H](C)[C@H](OC)C3)[C@H](C)[C@@H](O)CC1=O)[C@H](C)C[C@@H]2OC. The molecule has 2 bridgehead atoms. The summed E-state index contributed by atoms with van der Waals surface area (Å²) in [5.74, 6) is -6.96. The van der Waals surface area contributed by atoms with Gasteiger partial charge in [-0.3, -0.25) is 14.4 Å². The summed E-state index contributed by atoms with van der Waals surface area (Å²) in [5, 5.41) is 23.8. The Kier molecular flexibility index (Phi) is 17.3. The predicted molar refractivity (Wildman–Crippen MR) is 216 cm³/mol. The Labute approximate surface area is 340 Å². The topological polar surface area (TPSA) is 158 Å². The molecule has 14 atom stereocenters. The van der Waals surface area contributed by atoms with Crippen LogP contribution in [-0.2, 0) is 42.9 Å². The van der Waals surface area contributed by atoms with Gasteiger partial charge in [-0.2, -0.15) is 0 Å². The Morgan fingerprint density at radius 2 is 1.61 bits per heavy atom. The lowest BCUT2D eigenvalue weighted by Gasteiger charge is -2.47. The maximum absolute atomic E-state index is 14.3. The maximum atomic E-state index is 14.3. The number of fused-ring (bicyclic) bond motifs is 3. The average Bonchev–Trinajstić information content (AvgIpc) is 3.18. The summed E-state index contributed by atoms with van der Waals surface area (Å²) in [5.41, 5.74) is 1.71. The van der Waals surface area contributed by atoms with Crippen LogP contribution in [-0.4, -0.2) is 115 Å². The van der Waals surface area contributed by atoms with Gasteiger partial charge in [-0.1, -0.05) is 51.5 Å². The molecule has 1 aliphatic carbocycles. The Morgan fingerprint density at radius 3 is 2.26 bits per heavy atom. The Bertz CT molecular complexity index is 1480. The molecule has 2 N–H and O–H groups in total. The maximum Gasteiger partial charge on any atom is 0.329 e. The van der Waals surface area contributed by atoms with E-state index >= 15 is 0 Å². The minimum absolute atomic E-state index is 0.0237. The quantitative estimate of drug-likeness (QED) is 0.179. The van der Waals surface area contributed by atoms with Gasteiger partial charge in [-0.25, -0.2) is 4.79 Å². The van der Waals surface area contributed by atoms with E-state index in [9.17, 15) is 29.4 Å². The first kappa shape index (κ1) is 46.9. The van der Waals surface area contributed by atoms with Crippen molar-refractivity contribution in [2.24, 2.45) is 35.5 Å². The number of aliphatic hydroxyl groups excluding tert-OH is 1. The second kappa shape index (κ2) is 21.0. The van der Waals surface area contributed by atoms with Crippen molar-refractivity contribution in [1.29, 1.82) is 0 Å². The summed E-state index contributed by atoms with van der Waals surface area (Å²) in [7, 11) is 4.79. The van der Waals surface area contributed by atoms with Crippen molar-refractivity contribution in [2.75, 3.05) is 27.9 Å². The van der Waals surface area contributed by atoms with E-state index in [0.717, 1.165) is 30.4 Å². The number of cyclic esters (lactones) is 1. The van der Waals surface area contributed by atoms with Gasteiger partial charge in [0.15, 0.2) is 0 Å². The van der Waals surface area contributed by atoms with Crippen molar-refractivity contribution in [3.63, 3.8) is 0 Å².